The molecule has 0 amide bonds. The van der Waals surface area contributed by atoms with Crippen LogP contribution >= 0.6 is 0 Å². The van der Waals surface area contributed by atoms with E-state index in [4.69, 9.17) is 15.6 Å². The summed E-state index contributed by atoms with van der Waals surface area (Å²) in [5.74, 6) is 0.239. The molecule has 1 unspecified atom stereocenters. The Kier molecular flexibility index (Phi) is 14.1. The second-order valence-electron chi connectivity index (χ2n) is 8.03. The molecule has 4 nitrogen and oxygen atoms in total. The van der Waals surface area contributed by atoms with Crippen molar-refractivity contribution < 1.29 is 14.6 Å². The second-order valence-corrected chi connectivity index (χ2v) is 8.03. The zero-order chi connectivity index (χ0) is 20.5. The van der Waals surface area contributed by atoms with Crippen LogP contribution in [0.25, 0.3) is 0 Å². The maximum Gasteiger partial charge on any atom is 0.303 e. The van der Waals surface area contributed by atoms with Crippen molar-refractivity contribution in [1.82, 2.24) is 0 Å². The molecule has 0 aliphatic carbocycles. The molecule has 1 aromatic rings. The van der Waals surface area contributed by atoms with Crippen molar-refractivity contribution in [2.75, 3.05) is 5.73 Å². The minimum atomic E-state index is -0.666. The molecule has 28 heavy (non-hydrogen) atoms. The van der Waals surface area contributed by atoms with E-state index < -0.39 is 5.97 Å². The Bertz CT molecular complexity index is 501. The molecule has 0 aliphatic heterocycles. The molecule has 0 aliphatic rings. The van der Waals surface area contributed by atoms with E-state index >= 15 is 0 Å². The molecule has 0 heterocycles. The number of rotatable bonds is 18. The third-order valence-electron chi connectivity index (χ3n) is 5.22. The van der Waals surface area contributed by atoms with Crippen LogP contribution in [0.5, 0.6) is 5.75 Å². The number of carboxylic acids is 1. The minimum Gasteiger partial charge on any atom is -0.491 e. The van der Waals surface area contributed by atoms with Gasteiger partial charge in [-0.3, -0.25) is 4.79 Å². The Morgan fingerprint density at radius 1 is 0.821 bits per heavy atom. The van der Waals surface area contributed by atoms with Crippen molar-refractivity contribution in [2.45, 2.75) is 109 Å². The van der Waals surface area contributed by atoms with Crippen LogP contribution in [-0.2, 0) is 4.79 Å². The Labute approximate surface area is 171 Å². The van der Waals surface area contributed by atoms with Gasteiger partial charge in [0.2, 0.25) is 0 Å². The van der Waals surface area contributed by atoms with Crippen LogP contribution in [0.15, 0.2) is 24.3 Å². The van der Waals surface area contributed by atoms with Crippen molar-refractivity contribution in [2.24, 2.45) is 0 Å². The second kappa shape index (κ2) is 16.3. The lowest BCUT2D eigenvalue weighted by molar-refractivity contribution is -0.137. The number of unbranched alkanes of at least 4 members (excludes halogenated alkanes) is 12. The summed E-state index contributed by atoms with van der Waals surface area (Å²) in [5.41, 5.74) is 6.46. The number of hydrogen-bond donors (Lipinski definition) is 2. The predicted octanol–water partition coefficient (Wildman–Crippen LogP) is 6.97. The van der Waals surface area contributed by atoms with Crippen LogP contribution in [0.3, 0.4) is 0 Å². The van der Waals surface area contributed by atoms with E-state index in [0.29, 0.717) is 6.42 Å². The quantitative estimate of drug-likeness (QED) is 0.209. The van der Waals surface area contributed by atoms with Gasteiger partial charge in [0.05, 0.1) is 6.10 Å². The maximum atomic E-state index is 10.4. The number of carboxylic acid groups (broad SMARTS) is 1. The topological polar surface area (TPSA) is 72.5 Å². The summed E-state index contributed by atoms with van der Waals surface area (Å²) in [4.78, 5) is 10.4. The van der Waals surface area contributed by atoms with Crippen molar-refractivity contribution in [3.8, 4) is 5.75 Å². The van der Waals surface area contributed by atoms with Crippen molar-refractivity contribution in [3.05, 3.63) is 24.3 Å². The molecule has 4 heteroatoms. The summed E-state index contributed by atoms with van der Waals surface area (Å²) < 4.78 is 5.91. The van der Waals surface area contributed by atoms with Crippen LogP contribution in [-0.4, -0.2) is 17.2 Å². The summed E-state index contributed by atoms with van der Waals surface area (Å²) in [6.45, 7) is 2.14. The third-order valence-corrected chi connectivity index (χ3v) is 5.22. The van der Waals surface area contributed by atoms with Gasteiger partial charge in [0.25, 0.3) is 0 Å². The average Bonchev–Trinajstić information content (AvgIpc) is 2.66. The SMILES string of the molecule is CC(CCCCCCCCCCCCCCCC(=O)O)Oc1ccc(N)cc1. The third kappa shape index (κ3) is 14.4. The number of benzene rings is 1. The summed E-state index contributed by atoms with van der Waals surface area (Å²) in [7, 11) is 0. The van der Waals surface area contributed by atoms with Crippen LogP contribution in [0.1, 0.15) is 103 Å². The van der Waals surface area contributed by atoms with Gasteiger partial charge < -0.3 is 15.6 Å². The fourth-order valence-corrected chi connectivity index (χ4v) is 3.49. The van der Waals surface area contributed by atoms with Crippen molar-refractivity contribution >= 4 is 11.7 Å². The number of carbonyl (C=O) groups is 1. The first-order chi connectivity index (χ1) is 13.6. The van der Waals surface area contributed by atoms with Gasteiger partial charge in [-0.2, -0.15) is 0 Å². The molecule has 0 radical (unpaired) electrons. The molecule has 160 valence electrons. The molecule has 0 saturated heterocycles. The first-order valence-corrected chi connectivity index (χ1v) is 11.3. The Balaban J connectivity index is 1.80. The standard InChI is InChI=1S/C24H41NO3/c1-21(28-23-19-17-22(25)18-20-23)15-13-11-9-7-5-3-2-4-6-8-10-12-14-16-24(26)27/h17-21H,2-16,25H2,1H3,(H,26,27). The highest BCUT2D eigenvalue weighted by Crippen LogP contribution is 2.18. The summed E-state index contributed by atoms with van der Waals surface area (Å²) in [6, 6.07) is 7.63. The lowest BCUT2D eigenvalue weighted by Gasteiger charge is -2.14. The van der Waals surface area contributed by atoms with Gasteiger partial charge in [0.15, 0.2) is 0 Å². The van der Waals surface area contributed by atoms with Gasteiger partial charge in [0.1, 0.15) is 5.75 Å². The monoisotopic (exact) mass is 391 g/mol. The van der Waals surface area contributed by atoms with Crippen LogP contribution < -0.4 is 10.5 Å². The number of nitrogens with two attached hydrogens (primary N) is 1. The predicted molar refractivity (Wildman–Crippen MR) is 118 cm³/mol. The van der Waals surface area contributed by atoms with Gasteiger partial charge in [-0.1, -0.05) is 70.6 Å². The summed E-state index contributed by atoms with van der Waals surface area (Å²) in [6.07, 6.45) is 18.0. The molecule has 1 atom stereocenters. The van der Waals surface area contributed by atoms with Crippen molar-refractivity contribution in [1.29, 1.82) is 0 Å². The number of aliphatic carboxylic acids is 1. The zero-order valence-corrected chi connectivity index (χ0v) is 17.8. The first-order valence-electron chi connectivity index (χ1n) is 11.3. The fourth-order valence-electron chi connectivity index (χ4n) is 3.49. The van der Waals surface area contributed by atoms with Gasteiger partial charge >= 0.3 is 5.97 Å². The smallest absolute Gasteiger partial charge is 0.303 e. The van der Waals surface area contributed by atoms with Crippen molar-refractivity contribution in [3.63, 3.8) is 0 Å². The molecule has 1 aromatic carbocycles. The van der Waals surface area contributed by atoms with Gasteiger partial charge in [0, 0.05) is 12.1 Å². The molecule has 3 N–H and O–H groups in total. The van der Waals surface area contributed by atoms with Crippen LogP contribution in [0.4, 0.5) is 5.69 Å². The van der Waals surface area contributed by atoms with E-state index in [9.17, 15) is 4.79 Å². The first kappa shape index (κ1) is 24.3. The molecular weight excluding hydrogens is 350 g/mol. The van der Waals surface area contributed by atoms with E-state index in [1.165, 1.54) is 70.6 Å². The molecular formula is C24H41NO3. The normalized spacial score (nSPS) is 12.0. The Hall–Kier alpha value is -1.71. The molecule has 1 rings (SSSR count). The maximum absolute atomic E-state index is 10.4. The lowest BCUT2D eigenvalue weighted by Crippen LogP contribution is -2.11. The molecule has 0 fully saturated rings. The summed E-state index contributed by atoms with van der Waals surface area (Å²) >= 11 is 0. The Morgan fingerprint density at radius 2 is 1.25 bits per heavy atom. The number of ether oxygens (including phenoxy) is 1. The minimum absolute atomic E-state index is 0.257. The highest BCUT2D eigenvalue weighted by Gasteiger charge is 2.04. The van der Waals surface area contributed by atoms with E-state index in [1.807, 2.05) is 24.3 Å². The van der Waals surface area contributed by atoms with Crippen LogP contribution in [0, 0.1) is 0 Å². The summed E-state index contributed by atoms with van der Waals surface area (Å²) in [5, 5.41) is 8.58. The lowest BCUT2D eigenvalue weighted by atomic mass is 10.0. The van der Waals surface area contributed by atoms with E-state index in [0.717, 1.165) is 30.7 Å². The highest BCUT2D eigenvalue weighted by atomic mass is 16.5. The average molecular weight is 392 g/mol. The number of nitrogen functional groups attached to an aromatic ring is 1. The Morgan fingerprint density at radius 3 is 1.71 bits per heavy atom. The highest BCUT2D eigenvalue weighted by molar-refractivity contribution is 5.66. The van der Waals surface area contributed by atoms with Gasteiger partial charge in [-0.15, -0.1) is 0 Å². The number of hydrogen-bond acceptors (Lipinski definition) is 3. The molecule has 0 aromatic heterocycles. The molecule has 0 saturated carbocycles. The van der Waals surface area contributed by atoms with E-state index in [2.05, 4.69) is 6.92 Å². The van der Waals surface area contributed by atoms with Gasteiger partial charge in [-0.05, 0) is 50.5 Å². The number of anilines is 1. The molecule has 0 bridgehead atoms. The van der Waals surface area contributed by atoms with E-state index in [1.54, 1.807) is 0 Å². The van der Waals surface area contributed by atoms with Gasteiger partial charge in [-0.25, -0.2) is 0 Å². The van der Waals surface area contributed by atoms with Crippen LogP contribution in [0.2, 0.25) is 0 Å². The van der Waals surface area contributed by atoms with E-state index in [-0.39, 0.29) is 6.10 Å². The molecule has 0 spiro atoms. The zero-order valence-electron chi connectivity index (χ0n) is 17.8. The fraction of sp³-hybridized carbons (Fsp3) is 0.708. The largest absolute Gasteiger partial charge is 0.491 e.